The van der Waals surface area contributed by atoms with Crippen LogP contribution in [-0.2, 0) is 4.79 Å². The molecule has 1 N–H and O–H groups in total. The normalized spacial score (nSPS) is 27.4. The van der Waals surface area contributed by atoms with Crippen LogP contribution in [-0.4, -0.2) is 11.9 Å². The summed E-state index contributed by atoms with van der Waals surface area (Å²) in [6.07, 6.45) is 9.52. The highest BCUT2D eigenvalue weighted by Gasteiger charge is 2.31. The van der Waals surface area contributed by atoms with Crippen molar-refractivity contribution in [2.45, 2.75) is 63.3 Å². The molecule has 0 aromatic heterocycles. The number of hydrogen-bond acceptors (Lipinski definition) is 1. The summed E-state index contributed by atoms with van der Waals surface area (Å²) in [5.41, 5.74) is 1.39. The zero-order valence-electron chi connectivity index (χ0n) is 12.2. The van der Waals surface area contributed by atoms with Gasteiger partial charge in [-0.2, -0.15) is 0 Å². The van der Waals surface area contributed by atoms with E-state index in [4.69, 9.17) is 0 Å². The Morgan fingerprint density at radius 1 is 0.900 bits per heavy atom. The van der Waals surface area contributed by atoms with E-state index in [1.165, 1.54) is 37.7 Å². The minimum absolute atomic E-state index is 0.278. The average molecular weight is 271 g/mol. The van der Waals surface area contributed by atoms with E-state index >= 15 is 0 Å². The fraction of sp³-hybridized carbons (Fsp3) is 0.611. The van der Waals surface area contributed by atoms with Crippen LogP contribution in [0.15, 0.2) is 30.3 Å². The van der Waals surface area contributed by atoms with E-state index in [1.54, 1.807) is 0 Å². The number of nitrogens with one attached hydrogen (secondary N) is 1. The van der Waals surface area contributed by atoms with Gasteiger partial charge in [0.1, 0.15) is 0 Å². The van der Waals surface area contributed by atoms with Crippen molar-refractivity contribution in [3.63, 3.8) is 0 Å². The van der Waals surface area contributed by atoms with E-state index in [0.29, 0.717) is 17.9 Å². The van der Waals surface area contributed by atoms with Gasteiger partial charge in [-0.25, -0.2) is 0 Å². The average Bonchev–Trinajstić information content (AvgIpc) is 2.97. The number of amides is 1. The lowest BCUT2D eigenvalue weighted by Gasteiger charge is -2.26. The summed E-state index contributed by atoms with van der Waals surface area (Å²) in [6.45, 7) is 0. The second-order valence-electron chi connectivity index (χ2n) is 6.40. The molecule has 2 aliphatic rings. The Bertz CT molecular complexity index is 436. The van der Waals surface area contributed by atoms with Crippen molar-refractivity contribution in [1.29, 1.82) is 0 Å². The molecule has 0 spiro atoms. The van der Waals surface area contributed by atoms with Gasteiger partial charge in [0, 0.05) is 17.9 Å². The predicted octanol–water partition coefficient (Wildman–Crippen LogP) is 4.02. The Hall–Kier alpha value is -1.31. The van der Waals surface area contributed by atoms with Gasteiger partial charge in [-0.1, -0.05) is 56.0 Å². The Balaban J connectivity index is 1.62. The monoisotopic (exact) mass is 271 g/mol. The lowest BCUT2D eigenvalue weighted by molar-refractivity contribution is -0.126. The third-order valence-corrected chi connectivity index (χ3v) is 5.05. The maximum atomic E-state index is 12.4. The van der Waals surface area contributed by atoms with Crippen LogP contribution in [0.5, 0.6) is 0 Å². The molecule has 2 aliphatic carbocycles. The van der Waals surface area contributed by atoms with E-state index < -0.39 is 0 Å². The van der Waals surface area contributed by atoms with Gasteiger partial charge in [-0.05, 0) is 31.2 Å². The summed E-state index contributed by atoms with van der Waals surface area (Å²) < 4.78 is 0. The van der Waals surface area contributed by atoms with E-state index in [0.717, 1.165) is 19.3 Å². The summed E-state index contributed by atoms with van der Waals surface area (Å²) in [4.78, 5) is 12.4. The number of carbonyl (C=O) groups is 1. The topological polar surface area (TPSA) is 29.1 Å². The maximum absolute atomic E-state index is 12.4. The molecule has 2 saturated carbocycles. The summed E-state index contributed by atoms with van der Waals surface area (Å²) in [5, 5.41) is 3.36. The maximum Gasteiger partial charge on any atom is 0.223 e. The fourth-order valence-electron chi connectivity index (χ4n) is 3.90. The molecule has 0 aliphatic heterocycles. The van der Waals surface area contributed by atoms with Gasteiger partial charge in [0.25, 0.3) is 0 Å². The molecular formula is C18H25NO. The molecule has 1 aromatic carbocycles. The molecule has 0 unspecified atom stereocenters. The Morgan fingerprint density at radius 2 is 1.65 bits per heavy atom. The van der Waals surface area contributed by atoms with Crippen molar-refractivity contribution in [3.05, 3.63) is 35.9 Å². The number of rotatable bonds is 3. The molecule has 0 bridgehead atoms. The SMILES string of the molecule is O=C(N[C@H]1CCC[C@@H]1c1ccccc1)C1CCCCC1. The minimum Gasteiger partial charge on any atom is -0.353 e. The second kappa shape index (κ2) is 6.43. The van der Waals surface area contributed by atoms with Gasteiger partial charge in [0.05, 0.1) is 0 Å². The van der Waals surface area contributed by atoms with E-state index in [9.17, 15) is 4.79 Å². The Labute approximate surface area is 122 Å². The molecule has 3 rings (SSSR count). The quantitative estimate of drug-likeness (QED) is 0.884. The van der Waals surface area contributed by atoms with Gasteiger partial charge < -0.3 is 5.32 Å². The molecule has 2 atom stereocenters. The Morgan fingerprint density at radius 3 is 2.40 bits per heavy atom. The van der Waals surface area contributed by atoms with Crippen LogP contribution in [0, 0.1) is 5.92 Å². The van der Waals surface area contributed by atoms with Crippen LogP contribution in [0.4, 0.5) is 0 Å². The van der Waals surface area contributed by atoms with E-state index in [-0.39, 0.29) is 5.92 Å². The molecule has 2 nitrogen and oxygen atoms in total. The van der Waals surface area contributed by atoms with Crippen LogP contribution >= 0.6 is 0 Å². The second-order valence-corrected chi connectivity index (χ2v) is 6.40. The van der Waals surface area contributed by atoms with Crippen molar-refractivity contribution in [1.82, 2.24) is 5.32 Å². The molecule has 0 heterocycles. The van der Waals surface area contributed by atoms with E-state index in [1.807, 2.05) is 0 Å². The van der Waals surface area contributed by atoms with Crippen molar-refractivity contribution < 1.29 is 4.79 Å². The standard InChI is InChI=1S/C18H25NO/c20-18(15-10-5-2-6-11-15)19-17-13-7-12-16(17)14-8-3-1-4-9-14/h1,3-4,8-9,15-17H,2,5-7,10-13H2,(H,19,20)/t16-,17+/m1/s1. The Kier molecular flexibility index (Phi) is 4.39. The molecule has 1 amide bonds. The van der Waals surface area contributed by atoms with Gasteiger partial charge in [-0.3, -0.25) is 4.79 Å². The summed E-state index contributed by atoms with van der Waals surface area (Å²) >= 11 is 0. The molecule has 2 fully saturated rings. The first kappa shape index (κ1) is 13.7. The summed E-state index contributed by atoms with van der Waals surface area (Å²) in [5.74, 6) is 1.11. The van der Waals surface area contributed by atoms with Gasteiger partial charge in [0.2, 0.25) is 5.91 Å². The number of carbonyl (C=O) groups excluding carboxylic acids is 1. The number of benzene rings is 1. The van der Waals surface area contributed by atoms with Crippen LogP contribution < -0.4 is 5.32 Å². The molecule has 20 heavy (non-hydrogen) atoms. The van der Waals surface area contributed by atoms with Gasteiger partial charge >= 0.3 is 0 Å². The van der Waals surface area contributed by atoms with E-state index in [2.05, 4.69) is 35.6 Å². The minimum atomic E-state index is 0.278. The molecule has 0 radical (unpaired) electrons. The molecule has 2 heteroatoms. The lowest BCUT2D eigenvalue weighted by atomic mass is 9.87. The van der Waals surface area contributed by atoms with Crippen molar-refractivity contribution in [2.24, 2.45) is 5.92 Å². The van der Waals surface area contributed by atoms with Crippen LogP contribution in [0.25, 0.3) is 0 Å². The number of hydrogen-bond donors (Lipinski definition) is 1. The van der Waals surface area contributed by atoms with Crippen molar-refractivity contribution >= 4 is 5.91 Å². The zero-order valence-corrected chi connectivity index (χ0v) is 12.2. The van der Waals surface area contributed by atoms with Crippen molar-refractivity contribution in [2.75, 3.05) is 0 Å². The first-order valence-electron chi connectivity index (χ1n) is 8.20. The van der Waals surface area contributed by atoms with Crippen LogP contribution in [0.2, 0.25) is 0 Å². The van der Waals surface area contributed by atoms with Crippen LogP contribution in [0.3, 0.4) is 0 Å². The lowest BCUT2D eigenvalue weighted by Crippen LogP contribution is -2.40. The highest BCUT2D eigenvalue weighted by atomic mass is 16.1. The largest absolute Gasteiger partial charge is 0.353 e. The first-order chi connectivity index (χ1) is 9.84. The van der Waals surface area contributed by atoms with Gasteiger partial charge in [0.15, 0.2) is 0 Å². The molecular weight excluding hydrogens is 246 g/mol. The third kappa shape index (κ3) is 3.05. The smallest absolute Gasteiger partial charge is 0.223 e. The molecule has 108 valence electrons. The summed E-state index contributed by atoms with van der Waals surface area (Å²) in [6, 6.07) is 11.0. The van der Waals surface area contributed by atoms with Gasteiger partial charge in [-0.15, -0.1) is 0 Å². The van der Waals surface area contributed by atoms with Crippen LogP contribution in [0.1, 0.15) is 62.8 Å². The predicted molar refractivity (Wildman–Crippen MR) is 81.5 cm³/mol. The highest BCUT2D eigenvalue weighted by molar-refractivity contribution is 5.79. The molecule has 1 aromatic rings. The first-order valence-corrected chi connectivity index (χ1v) is 8.20. The molecule has 0 saturated heterocycles. The highest BCUT2D eigenvalue weighted by Crippen LogP contribution is 2.35. The zero-order chi connectivity index (χ0) is 13.8. The van der Waals surface area contributed by atoms with Crippen molar-refractivity contribution in [3.8, 4) is 0 Å². The third-order valence-electron chi connectivity index (χ3n) is 5.05. The summed E-state index contributed by atoms with van der Waals surface area (Å²) in [7, 11) is 0. The fourth-order valence-corrected chi connectivity index (χ4v) is 3.90.